The lowest BCUT2D eigenvalue weighted by Crippen LogP contribution is -2.48. The molecule has 1 aliphatic heterocycles. The first-order valence-electron chi connectivity index (χ1n) is 11.2. The van der Waals surface area contributed by atoms with E-state index in [-0.39, 0.29) is 11.5 Å². The molecule has 35 heavy (non-hydrogen) atoms. The fourth-order valence-electron chi connectivity index (χ4n) is 4.46. The first-order valence-corrected chi connectivity index (χ1v) is 12.1. The molecule has 0 bridgehead atoms. The van der Waals surface area contributed by atoms with E-state index in [1.807, 2.05) is 20.7 Å². The average molecular weight is 505 g/mol. The molecular formula is C23H23F3N6O2S. The number of amides is 1. The Kier molecular flexibility index (Phi) is 5.99. The van der Waals surface area contributed by atoms with E-state index >= 15 is 0 Å². The third-order valence-corrected chi connectivity index (χ3v) is 7.25. The maximum absolute atomic E-state index is 13.0. The van der Waals surface area contributed by atoms with E-state index in [0.29, 0.717) is 67.4 Å². The van der Waals surface area contributed by atoms with Gasteiger partial charge in [0.25, 0.3) is 5.56 Å². The van der Waals surface area contributed by atoms with Gasteiger partial charge in [0.15, 0.2) is 0 Å². The number of carbonyl (C=O) groups excluding carboxylic acids is 1. The van der Waals surface area contributed by atoms with Crippen LogP contribution in [0.5, 0.6) is 0 Å². The Labute approximate surface area is 202 Å². The minimum absolute atomic E-state index is 0.00981. The molecule has 5 rings (SSSR count). The third kappa shape index (κ3) is 4.38. The Morgan fingerprint density at radius 2 is 1.89 bits per heavy atom. The Morgan fingerprint density at radius 1 is 1.11 bits per heavy atom. The van der Waals surface area contributed by atoms with E-state index in [1.54, 1.807) is 18.0 Å². The number of halogens is 3. The third-order valence-electron chi connectivity index (χ3n) is 6.36. The smallest absolute Gasteiger partial charge is 0.368 e. The fourth-order valence-corrected chi connectivity index (χ4v) is 5.31. The molecule has 0 radical (unpaired) electrons. The summed E-state index contributed by atoms with van der Waals surface area (Å²) in [6, 6.07) is 7.16. The number of benzene rings is 1. The maximum atomic E-state index is 13.0. The van der Waals surface area contributed by atoms with Gasteiger partial charge in [-0.25, -0.2) is 0 Å². The van der Waals surface area contributed by atoms with E-state index in [4.69, 9.17) is 0 Å². The number of thiophene rings is 1. The van der Waals surface area contributed by atoms with E-state index in [2.05, 4.69) is 10.2 Å². The normalized spacial score (nSPS) is 14.9. The van der Waals surface area contributed by atoms with Crippen molar-refractivity contribution in [2.45, 2.75) is 25.4 Å². The second-order valence-corrected chi connectivity index (χ2v) is 9.44. The van der Waals surface area contributed by atoms with Crippen molar-refractivity contribution in [1.82, 2.24) is 24.1 Å². The zero-order chi connectivity index (χ0) is 24.7. The van der Waals surface area contributed by atoms with Gasteiger partial charge in [-0.1, -0.05) is 6.07 Å². The number of hydrogen-bond donors (Lipinski definition) is 0. The van der Waals surface area contributed by atoms with Gasteiger partial charge in [-0.15, -0.1) is 21.5 Å². The van der Waals surface area contributed by atoms with Crippen molar-refractivity contribution in [3.05, 3.63) is 57.5 Å². The van der Waals surface area contributed by atoms with Crippen molar-refractivity contribution < 1.29 is 18.0 Å². The van der Waals surface area contributed by atoms with Crippen LogP contribution in [0, 0.1) is 0 Å². The van der Waals surface area contributed by atoms with Crippen LogP contribution < -0.4 is 10.5 Å². The molecule has 1 aromatic carbocycles. The highest BCUT2D eigenvalue weighted by Gasteiger charge is 2.31. The number of aryl methyl sites for hydroxylation is 2. The maximum Gasteiger partial charge on any atom is 0.416 e. The van der Waals surface area contributed by atoms with Crippen LogP contribution in [0.1, 0.15) is 24.2 Å². The lowest BCUT2D eigenvalue weighted by molar-refractivity contribution is -0.137. The predicted octanol–water partition coefficient (Wildman–Crippen LogP) is 3.33. The van der Waals surface area contributed by atoms with Gasteiger partial charge in [-0.05, 0) is 36.1 Å². The molecule has 3 aromatic heterocycles. The number of nitrogens with zero attached hydrogens (tertiary/aromatic N) is 6. The van der Waals surface area contributed by atoms with Gasteiger partial charge in [-0.3, -0.25) is 18.6 Å². The molecule has 4 heterocycles. The molecule has 0 saturated carbocycles. The van der Waals surface area contributed by atoms with Crippen molar-refractivity contribution in [3.63, 3.8) is 0 Å². The van der Waals surface area contributed by atoms with E-state index in [1.165, 1.54) is 22.0 Å². The summed E-state index contributed by atoms with van der Waals surface area (Å²) in [5, 5.41) is 10.3. The van der Waals surface area contributed by atoms with Crippen LogP contribution in [-0.4, -0.2) is 56.2 Å². The molecule has 184 valence electrons. The number of aromatic nitrogens is 4. The molecule has 0 unspecified atom stereocenters. The van der Waals surface area contributed by atoms with Crippen LogP contribution in [0.2, 0.25) is 0 Å². The van der Waals surface area contributed by atoms with E-state index < -0.39 is 11.7 Å². The largest absolute Gasteiger partial charge is 0.416 e. The van der Waals surface area contributed by atoms with Crippen molar-refractivity contribution in [3.8, 4) is 0 Å². The number of anilines is 1. The summed E-state index contributed by atoms with van der Waals surface area (Å²) in [5.74, 6) is 1.17. The highest BCUT2D eigenvalue weighted by Crippen LogP contribution is 2.32. The molecule has 0 atom stereocenters. The topological polar surface area (TPSA) is 75.7 Å². The molecular weight excluding hydrogens is 481 g/mol. The van der Waals surface area contributed by atoms with Gasteiger partial charge in [0.05, 0.1) is 11.1 Å². The molecule has 1 saturated heterocycles. The minimum atomic E-state index is -4.38. The standard InChI is InChI=1S/C23H23F3N6O2S/c1-29-21(34)20-17(8-13-35-20)32-18(27-28-22(29)32)6-3-7-19(33)31-11-9-30(10-12-31)16-5-2-4-15(14-16)23(24,25)26/h2,4-5,8,13-14H,3,6-7,9-12H2,1H3. The molecule has 4 aromatic rings. The highest BCUT2D eigenvalue weighted by molar-refractivity contribution is 7.17. The number of fused-ring (bicyclic) bond motifs is 3. The predicted molar refractivity (Wildman–Crippen MR) is 127 cm³/mol. The summed E-state index contributed by atoms with van der Waals surface area (Å²) >= 11 is 1.37. The SMILES string of the molecule is Cn1c(=O)c2sccc2n2c(CCCC(=O)N3CCN(c4cccc(C(F)(F)F)c4)CC3)nnc12. The molecule has 1 fully saturated rings. The number of hydrogen-bond acceptors (Lipinski definition) is 6. The number of piperazine rings is 1. The minimum Gasteiger partial charge on any atom is -0.368 e. The van der Waals surface area contributed by atoms with Gasteiger partial charge >= 0.3 is 6.18 Å². The van der Waals surface area contributed by atoms with Crippen LogP contribution in [0.15, 0.2) is 40.5 Å². The molecule has 1 amide bonds. The summed E-state index contributed by atoms with van der Waals surface area (Å²) < 4.78 is 43.0. The van der Waals surface area contributed by atoms with Crippen LogP contribution in [0.4, 0.5) is 18.9 Å². The summed E-state index contributed by atoms with van der Waals surface area (Å²) in [7, 11) is 1.66. The number of carbonyl (C=O) groups is 1. The van der Waals surface area contributed by atoms with Crippen LogP contribution in [0.3, 0.4) is 0 Å². The first kappa shape index (κ1) is 23.3. The Morgan fingerprint density at radius 3 is 2.63 bits per heavy atom. The van der Waals surface area contributed by atoms with Gasteiger partial charge in [0.2, 0.25) is 11.7 Å². The lowest BCUT2D eigenvalue weighted by Gasteiger charge is -2.36. The van der Waals surface area contributed by atoms with E-state index in [0.717, 1.165) is 17.6 Å². The van der Waals surface area contributed by atoms with Crippen molar-refractivity contribution in [2.75, 3.05) is 31.1 Å². The second kappa shape index (κ2) is 8.99. The van der Waals surface area contributed by atoms with Crippen molar-refractivity contribution in [1.29, 1.82) is 0 Å². The summed E-state index contributed by atoms with van der Waals surface area (Å²) in [6.45, 7) is 1.87. The number of alkyl halides is 3. The van der Waals surface area contributed by atoms with Crippen molar-refractivity contribution in [2.24, 2.45) is 7.05 Å². The average Bonchev–Trinajstić information content (AvgIpc) is 3.49. The summed E-state index contributed by atoms with van der Waals surface area (Å²) in [5.41, 5.74) is 0.500. The highest BCUT2D eigenvalue weighted by atomic mass is 32.1. The summed E-state index contributed by atoms with van der Waals surface area (Å²) in [6.07, 6.45) is -2.95. The van der Waals surface area contributed by atoms with Crippen molar-refractivity contribution >= 4 is 38.9 Å². The van der Waals surface area contributed by atoms with Gasteiger partial charge < -0.3 is 9.80 Å². The Hall–Kier alpha value is -3.41. The zero-order valence-electron chi connectivity index (χ0n) is 19.0. The molecule has 1 aliphatic rings. The lowest BCUT2D eigenvalue weighted by atomic mass is 10.1. The fraction of sp³-hybridized carbons (Fsp3) is 0.391. The Balaban J connectivity index is 1.19. The van der Waals surface area contributed by atoms with E-state index in [9.17, 15) is 22.8 Å². The van der Waals surface area contributed by atoms with Gasteiger partial charge in [-0.2, -0.15) is 13.2 Å². The zero-order valence-corrected chi connectivity index (χ0v) is 19.8. The quantitative estimate of drug-likeness (QED) is 0.417. The monoisotopic (exact) mass is 504 g/mol. The van der Waals surface area contributed by atoms with Crippen LogP contribution in [-0.2, 0) is 24.4 Å². The molecule has 0 aliphatic carbocycles. The molecule has 0 spiro atoms. The first-order chi connectivity index (χ1) is 16.7. The summed E-state index contributed by atoms with van der Waals surface area (Å²) in [4.78, 5) is 28.8. The Bertz CT molecular complexity index is 1450. The van der Waals surface area contributed by atoms with Crippen LogP contribution in [0.25, 0.3) is 16.0 Å². The van der Waals surface area contributed by atoms with Crippen LogP contribution >= 0.6 is 11.3 Å². The van der Waals surface area contributed by atoms with Gasteiger partial charge in [0, 0.05) is 51.8 Å². The molecule has 8 nitrogen and oxygen atoms in total. The molecule has 0 N–H and O–H groups in total. The number of rotatable bonds is 5. The molecule has 12 heteroatoms. The second-order valence-electron chi connectivity index (χ2n) is 8.52. The van der Waals surface area contributed by atoms with Gasteiger partial charge in [0.1, 0.15) is 10.5 Å².